The Morgan fingerprint density at radius 2 is 1.84 bits per heavy atom. The second-order valence-corrected chi connectivity index (χ2v) is 8.04. The number of rotatable bonds is 4. The maximum absolute atomic E-state index is 13.3. The Kier molecular flexibility index (Phi) is 6.57. The molecule has 2 aromatic rings. The van der Waals surface area contributed by atoms with Gasteiger partial charge in [-0.15, -0.1) is 0 Å². The zero-order valence-electron chi connectivity index (χ0n) is 17.4. The zero-order valence-corrected chi connectivity index (χ0v) is 17.4. The Bertz CT molecular complexity index is 947. The first-order chi connectivity index (χ1) is 14.6. The van der Waals surface area contributed by atoms with Crippen molar-refractivity contribution in [3.63, 3.8) is 0 Å². The molecule has 8 heteroatoms. The third kappa shape index (κ3) is 5.37. The van der Waals surface area contributed by atoms with Crippen LogP contribution in [0.5, 0.6) is 0 Å². The minimum absolute atomic E-state index is 0.0459. The van der Waals surface area contributed by atoms with Crippen LogP contribution in [0.4, 0.5) is 18.0 Å². The highest BCUT2D eigenvalue weighted by Crippen LogP contribution is 2.35. The van der Waals surface area contributed by atoms with Gasteiger partial charge < -0.3 is 14.9 Å². The summed E-state index contributed by atoms with van der Waals surface area (Å²) >= 11 is 0. The van der Waals surface area contributed by atoms with Gasteiger partial charge in [0.25, 0.3) is 0 Å². The fourth-order valence-electron chi connectivity index (χ4n) is 4.21. The molecule has 0 bridgehead atoms. The third-order valence-corrected chi connectivity index (χ3v) is 5.69. The fraction of sp³-hybridized carbons (Fsp3) is 0.391. The monoisotopic (exact) mass is 434 g/mol. The molecule has 166 valence electrons. The lowest BCUT2D eigenvalue weighted by molar-refractivity contribution is -0.137. The van der Waals surface area contributed by atoms with Gasteiger partial charge in [0.05, 0.1) is 5.56 Å². The van der Waals surface area contributed by atoms with Crippen LogP contribution < -0.4 is 0 Å². The summed E-state index contributed by atoms with van der Waals surface area (Å²) in [4.78, 5) is 27.5. The van der Waals surface area contributed by atoms with E-state index in [1.54, 1.807) is 20.0 Å². The van der Waals surface area contributed by atoms with Crippen LogP contribution in [-0.4, -0.2) is 47.0 Å². The second kappa shape index (κ2) is 8.99. The predicted octanol–water partition coefficient (Wildman–Crippen LogP) is 4.76. The van der Waals surface area contributed by atoms with Crippen molar-refractivity contribution < 1.29 is 27.9 Å². The van der Waals surface area contributed by atoms with Gasteiger partial charge in [-0.05, 0) is 36.6 Å². The van der Waals surface area contributed by atoms with Crippen molar-refractivity contribution in [3.8, 4) is 0 Å². The number of piperidine rings is 1. The topological polar surface area (TPSA) is 60.9 Å². The Hall–Kier alpha value is -3.03. The van der Waals surface area contributed by atoms with Crippen LogP contribution in [0.3, 0.4) is 0 Å². The standard InChI is InChI=1S/C23H25F3N2O3/c1-15-10-16(12-18(11-15)23(24,25)26)13-27(2)21(29)19-8-9-28(22(30)31)14-20(19)17-6-4-3-5-7-17/h3-7,10-12,19-20H,8-9,13-14H2,1-2H3,(H,30,31)/t19-,20+/m1/s1. The average molecular weight is 434 g/mol. The lowest BCUT2D eigenvalue weighted by Crippen LogP contribution is -2.47. The number of likely N-dealkylation sites (tertiary alicyclic amines) is 1. The molecule has 0 aromatic heterocycles. The molecule has 1 fully saturated rings. The van der Waals surface area contributed by atoms with E-state index in [9.17, 15) is 27.9 Å². The SMILES string of the molecule is Cc1cc(CN(C)C(=O)[C@@H]2CCN(C(=O)O)C[C@H]2c2ccccc2)cc(C(F)(F)F)c1. The van der Waals surface area contributed by atoms with Crippen molar-refractivity contribution in [2.75, 3.05) is 20.1 Å². The van der Waals surface area contributed by atoms with Gasteiger partial charge in [0.2, 0.25) is 5.91 Å². The molecule has 1 N–H and O–H groups in total. The van der Waals surface area contributed by atoms with E-state index < -0.39 is 23.8 Å². The first-order valence-corrected chi connectivity index (χ1v) is 10.0. The molecule has 0 spiro atoms. The van der Waals surface area contributed by atoms with E-state index in [2.05, 4.69) is 0 Å². The zero-order chi connectivity index (χ0) is 22.8. The minimum Gasteiger partial charge on any atom is -0.465 e. The van der Waals surface area contributed by atoms with Crippen LogP contribution in [0, 0.1) is 12.8 Å². The molecule has 2 amide bonds. The van der Waals surface area contributed by atoms with E-state index in [1.165, 1.54) is 9.80 Å². The van der Waals surface area contributed by atoms with Crippen molar-refractivity contribution in [3.05, 3.63) is 70.8 Å². The first kappa shape index (κ1) is 22.7. The van der Waals surface area contributed by atoms with E-state index in [0.29, 0.717) is 17.5 Å². The van der Waals surface area contributed by atoms with E-state index in [0.717, 1.165) is 17.7 Å². The lowest BCUT2D eigenvalue weighted by Gasteiger charge is -2.38. The molecule has 5 nitrogen and oxygen atoms in total. The largest absolute Gasteiger partial charge is 0.465 e. The summed E-state index contributed by atoms with van der Waals surface area (Å²) < 4.78 is 39.4. The molecular weight excluding hydrogens is 409 g/mol. The summed E-state index contributed by atoms with van der Waals surface area (Å²) in [6.07, 6.45) is -5.12. The average Bonchev–Trinajstić information content (AvgIpc) is 2.72. The van der Waals surface area contributed by atoms with Crippen molar-refractivity contribution in [2.24, 2.45) is 5.92 Å². The molecule has 1 heterocycles. The summed E-state index contributed by atoms with van der Waals surface area (Å²) in [7, 11) is 1.57. The Labute approximate surface area is 179 Å². The maximum atomic E-state index is 13.3. The van der Waals surface area contributed by atoms with Crippen molar-refractivity contribution >= 4 is 12.0 Å². The number of benzene rings is 2. The number of hydrogen-bond acceptors (Lipinski definition) is 2. The first-order valence-electron chi connectivity index (χ1n) is 10.0. The second-order valence-electron chi connectivity index (χ2n) is 8.04. The predicted molar refractivity (Wildman–Crippen MR) is 110 cm³/mol. The Morgan fingerprint density at radius 1 is 1.16 bits per heavy atom. The number of hydrogen-bond donors (Lipinski definition) is 1. The quantitative estimate of drug-likeness (QED) is 0.755. The van der Waals surface area contributed by atoms with E-state index in [4.69, 9.17) is 0 Å². The minimum atomic E-state index is -4.45. The van der Waals surface area contributed by atoms with Crippen LogP contribution in [0.15, 0.2) is 48.5 Å². The molecule has 31 heavy (non-hydrogen) atoms. The Balaban J connectivity index is 1.82. The van der Waals surface area contributed by atoms with Gasteiger partial charge in [0, 0.05) is 38.5 Å². The van der Waals surface area contributed by atoms with Gasteiger partial charge in [0.1, 0.15) is 0 Å². The highest BCUT2D eigenvalue weighted by Gasteiger charge is 2.38. The van der Waals surface area contributed by atoms with Gasteiger partial charge in [-0.2, -0.15) is 13.2 Å². The summed E-state index contributed by atoms with van der Waals surface area (Å²) in [5.74, 6) is -0.965. The smallest absolute Gasteiger partial charge is 0.416 e. The molecule has 2 aromatic carbocycles. The number of carbonyl (C=O) groups excluding carboxylic acids is 1. The normalized spacial score (nSPS) is 19.2. The van der Waals surface area contributed by atoms with Gasteiger partial charge in [-0.3, -0.25) is 4.79 Å². The van der Waals surface area contributed by atoms with Crippen molar-refractivity contribution in [1.29, 1.82) is 0 Å². The third-order valence-electron chi connectivity index (χ3n) is 5.69. The summed E-state index contributed by atoms with van der Waals surface area (Å²) in [6, 6.07) is 13.0. The van der Waals surface area contributed by atoms with Gasteiger partial charge in [0.15, 0.2) is 0 Å². The molecule has 1 aliphatic heterocycles. The number of alkyl halides is 3. The number of aryl methyl sites for hydroxylation is 1. The van der Waals surface area contributed by atoms with Gasteiger partial charge in [-0.1, -0.05) is 42.0 Å². The molecule has 3 rings (SSSR count). The molecule has 1 aliphatic rings. The fourth-order valence-corrected chi connectivity index (χ4v) is 4.21. The summed E-state index contributed by atoms with van der Waals surface area (Å²) in [6.45, 7) is 2.08. The molecule has 0 radical (unpaired) electrons. The van der Waals surface area contributed by atoms with E-state index in [-0.39, 0.29) is 31.5 Å². The van der Waals surface area contributed by atoms with Crippen LogP contribution >= 0.6 is 0 Å². The summed E-state index contributed by atoms with van der Waals surface area (Å²) in [5.41, 5.74) is 1.01. The molecule has 1 saturated heterocycles. The number of nitrogens with zero attached hydrogens (tertiary/aromatic N) is 2. The van der Waals surface area contributed by atoms with Crippen molar-refractivity contribution in [1.82, 2.24) is 9.80 Å². The highest BCUT2D eigenvalue weighted by molar-refractivity contribution is 5.80. The van der Waals surface area contributed by atoms with Crippen LogP contribution in [-0.2, 0) is 17.5 Å². The number of amides is 2. The van der Waals surface area contributed by atoms with Crippen LogP contribution in [0.25, 0.3) is 0 Å². The number of halogens is 3. The van der Waals surface area contributed by atoms with Crippen LogP contribution in [0.1, 0.15) is 34.6 Å². The van der Waals surface area contributed by atoms with E-state index >= 15 is 0 Å². The molecule has 0 unspecified atom stereocenters. The van der Waals surface area contributed by atoms with Crippen molar-refractivity contribution in [2.45, 2.75) is 32.0 Å². The molecule has 0 saturated carbocycles. The Morgan fingerprint density at radius 3 is 2.45 bits per heavy atom. The molecule has 0 aliphatic carbocycles. The number of carboxylic acid groups (broad SMARTS) is 1. The number of carbonyl (C=O) groups is 2. The highest BCUT2D eigenvalue weighted by atomic mass is 19.4. The van der Waals surface area contributed by atoms with E-state index in [1.807, 2.05) is 30.3 Å². The lowest BCUT2D eigenvalue weighted by atomic mass is 9.80. The van der Waals surface area contributed by atoms with Gasteiger partial charge >= 0.3 is 12.3 Å². The van der Waals surface area contributed by atoms with Gasteiger partial charge in [-0.25, -0.2) is 4.79 Å². The molecule has 2 atom stereocenters. The van der Waals surface area contributed by atoms with Crippen LogP contribution in [0.2, 0.25) is 0 Å². The summed E-state index contributed by atoms with van der Waals surface area (Å²) in [5, 5.41) is 9.39. The molecular formula is C23H25F3N2O3. The maximum Gasteiger partial charge on any atom is 0.416 e.